The van der Waals surface area contributed by atoms with Gasteiger partial charge >= 0.3 is 5.97 Å². The summed E-state index contributed by atoms with van der Waals surface area (Å²) in [4.78, 5) is 20.7. The first kappa shape index (κ1) is 22.0. The summed E-state index contributed by atoms with van der Waals surface area (Å²) in [5, 5.41) is 0. The number of rotatable bonds is 6. The van der Waals surface area contributed by atoms with Crippen LogP contribution in [-0.2, 0) is 26.5 Å². The number of aromatic nitrogens is 2. The second-order valence-electron chi connectivity index (χ2n) is 7.87. The Balaban J connectivity index is 1.38. The first-order valence-electron chi connectivity index (χ1n) is 10.5. The fraction of sp³-hybridized carbons (Fsp3) is 0.500. The van der Waals surface area contributed by atoms with E-state index >= 15 is 0 Å². The third-order valence-electron chi connectivity index (χ3n) is 5.88. The highest BCUT2D eigenvalue weighted by molar-refractivity contribution is 7.71. The van der Waals surface area contributed by atoms with Crippen LogP contribution in [0, 0.1) is 16.5 Å². The Morgan fingerprint density at radius 1 is 1.29 bits per heavy atom. The Kier molecular flexibility index (Phi) is 6.76. The molecular weight excluding hydrogens is 421 g/mol. The van der Waals surface area contributed by atoms with E-state index in [0.717, 1.165) is 43.6 Å². The van der Waals surface area contributed by atoms with Crippen molar-refractivity contribution in [1.29, 1.82) is 0 Å². The van der Waals surface area contributed by atoms with E-state index in [1.165, 1.54) is 19.1 Å². The summed E-state index contributed by atoms with van der Waals surface area (Å²) < 4.78 is 31.1. The monoisotopic (exact) mass is 447 g/mol. The molecular formula is C22H26FN3O4S. The summed E-state index contributed by atoms with van der Waals surface area (Å²) in [5.74, 6) is -0.897. The van der Waals surface area contributed by atoms with Gasteiger partial charge in [0.2, 0.25) is 5.88 Å². The SMILES string of the molecule is CC(=O)Oc1[nH]c(=S)ncc1CCN1CCC(C2(c3ccc(F)cc3)OCCO2)CC1. The second-order valence-corrected chi connectivity index (χ2v) is 8.26. The van der Waals surface area contributed by atoms with Gasteiger partial charge in [0, 0.05) is 36.7 Å². The number of benzene rings is 1. The Morgan fingerprint density at radius 2 is 1.97 bits per heavy atom. The Labute approximate surface area is 185 Å². The molecule has 0 unspecified atom stereocenters. The van der Waals surface area contributed by atoms with Gasteiger partial charge < -0.3 is 24.1 Å². The summed E-state index contributed by atoms with van der Waals surface area (Å²) in [6.07, 6.45) is 4.16. The van der Waals surface area contributed by atoms with Crippen molar-refractivity contribution < 1.29 is 23.4 Å². The number of hydrogen-bond acceptors (Lipinski definition) is 7. The van der Waals surface area contributed by atoms with Crippen LogP contribution in [0.5, 0.6) is 5.88 Å². The molecule has 2 saturated heterocycles. The predicted octanol–water partition coefficient (Wildman–Crippen LogP) is 3.36. The van der Waals surface area contributed by atoms with Gasteiger partial charge in [-0.2, -0.15) is 0 Å². The van der Waals surface area contributed by atoms with Crippen molar-refractivity contribution in [1.82, 2.24) is 14.9 Å². The van der Waals surface area contributed by atoms with E-state index in [1.54, 1.807) is 18.3 Å². The van der Waals surface area contributed by atoms with Crippen LogP contribution < -0.4 is 4.74 Å². The van der Waals surface area contributed by atoms with Crippen molar-refractivity contribution in [3.63, 3.8) is 0 Å². The van der Waals surface area contributed by atoms with E-state index < -0.39 is 11.8 Å². The number of esters is 1. The number of aromatic amines is 1. The molecule has 31 heavy (non-hydrogen) atoms. The minimum Gasteiger partial charge on any atom is -0.409 e. The number of likely N-dealkylation sites (tertiary alicyclic amines) is 1. The summed E-state index contributed by atoms with van der Waals surface area (Å²) in [7, 11) is 0. The summed E-state index contributed by atoms with van der Waals surface area (Å²) in [6, 6.07) is 6.43. The van der Waals surface area contributed by atoms with Crippen LogP contribution in [-0.4, -0.2) is 53.7 Å². The lowest BCUT2D eigenvalue weighted by atomic mass is 9.84. The number of piperidine rings is 1. The molecule has 4 rings (SSSR count). The molecule has 0 atom stereocenters. The van der Waals surface area contributed by atoms with Gasteiger partial charge in [-0.25, -0.2) is 9.37 Å². The smallest absolute Gasteiger partial charge is 0.309 e. The molecule has 2 fully saturated rings. The van der Waals surface area contributed by atoms with Gasteiger partial charge in [-0.05, 0) is 56.7 Å². The Bertz CT molecular complexity index is 967. The van der Waals surface area contributed by atoms with Gasteiger partial charge in [0.15, 0.2) is 10.6 Å². The molecule has 166 valence electrons. The molecule has 0 radical (unpaired) electrons. The van der Waals surface area contributed by atoms with Gasteiger partial charge in [0.05, 0.1) is 13.2 Å². The third-order valence-corrected chi connectivity index (χ3v) is 6.09. The van der Waals surface area contributed by atoms with Crippen LogP contribution in [0.25, 0.3) is 0 Å². The minimum atomic E-state index is -0.791. The lowest BCUT2D eigenvalue weighted by molar-refractivity contribution is -0.214. The molecule has 9 heteroatoms. The number of carbonyl (C=O) groups is 1. The van der Waals surface area contributed by atoms with E-state index in [0.29, 0.717) is 25.5 Å². The molecule has 1 aromatic carbocycles. The summed E-state index contributed by atoms with van der Waals surface area (Å²) in [6.45, 7) is 5.02. The van der Waals surface area contributed by atoms with Crippen LogP contribution >= 0.6 is 12.2 Å². The molecule has 0 bridgehead atoms. The first-order valence-corrected chi connectivity index (χ1v) is 10.9. The predicted molar refractivity (Wildman–Crippen MR) is 114 cm³/mol. The molecule has 2 aliphatic rings. The minimum absolute atomic E-state index is 0.197. The number of nitrogens with one attached hydrogen (secondary N) is 1. The maximum atomic E-state index is 13.4. The van der Waals surface area contributed by atoms with Crippen molar-refractivity contribution in [3.05, 3.63) is 52.2 Å². The van der Waals surface area contributed by atoms with Crippen molar-refractivity contribution >= 4 is 18.2 Å². The van der Waals surface area contributed by atoms with Crippen LogP contribution in [0.3, 0.4) is 0 Å². The van der Waals surface area contributed by atoms with E-state index in [1.807, 2.05) is 0 Å². The quantitative estimate of drug-likeness (QED) is 0.538. The van der Waals surface area contributed by atoms with E-state index in [-0.39, 0.29) is 16.5 Å². The van der Waals surface area contributed by atoms with Gasteiger partial charge in [-0.15, -0.1) is 0 Å². The van der Waals surface area contributed by atoms with Crippen LogP contribution in [0.1, 0.15) is 30.9 Å². The molecule has 2 aromatic rings. The largest absolute Gasteiger partial charge is 0.409 e. The molecule has 7 nitrogen and oxygen atoms in total. The van der Waals surface area contributed by atoms with Crippen molar-refractivity contribution in [2.24, 2.45) is 5.92 Å². The Morgan fingerprint density at radius 3 is 2.61 bits per heavy atom. The number of halogens is 1. The maximum absolute atomic E-state index is 13.4. The van der Waals surface area contributed by atoms with Crippen LogP contribution in [0.15, 0.2) is 30.5 Å². The number of nitrogens with zero attached hydrogens (tertiary/aromatic N) is 2. The summed E-state index contributed by atoms with van der Waals surface area (Å²) >= 11 is 5.03. The maximum Gasteiger partial charge on any atom is 0.309 e. The molecule has 2 aliphatic heterocycles. The average molecular weight is 448 g/mol. The van der Waals surface area contributed by atoms with Crippen molar-refractivity contribution in [2.75, 3.05) is 32.8 Å². The molecule has 1 N–H and O–H groups in total. The number of ether oxygens (including phenoxy) is 3. The van der Waals surface area contributed by atoms with Gasteiger partial charge in [-0.3, -0.25) is 4.79 Å². The summed E-state index contributed by atoms with van der Waals surface area (Å²) in [5.41, 5.74) is 1.69. The number of carbonyl (C=O) groups excluding carboxylic acids is 1. The van der Waals surface area contributed by atoms with Crippen LogP contribution in [0.2, 0.25) is 0 Å². The third kappa shape index (κ3) is 5.01. The fourth-order valence-electron chi connectivity index (χ4n) is 4.38. The Hall–Kier alpha value is -2.20. The lowest BCUT2D eigenvalue weighted by Gasteiger charge is -2.41. The van der Waals surface area contributed by atoms with Gasteiger partial charge in [-0.1, -0.05) is 12.1 Å². The van der Waals surface area contributed by atoms with Crippen molar-refractivity contribution in [2.45, 2.75) is 32.0 Å². The van der Waals surface area contributed by atoms with Gasteiger partial charge in [0.25, 0.3) is 0 Å². The zero-order valence-electron chi connectivity index (χ0n) is 17.4. The molecule has 3 heterocycles. The fourth-order valence-corrected chi connectivity index (χ4v) is 4.53. The molecule has 0 saturated carbocycles. The van der Waals surface area contributed by atoms with E-state index in [4.69, 9.17) is 26.4 Å². The van der Waals surface area contributed by atoms with Crippen LogP contribution in [0.4, 0.5) is 4.39 Å². The molecule has 0 aliphatic carbocycles. The van der Waals surface area contributed by atoms with E-state index in [9.17, 15) is 9.18 Å². The highest BCUT2D eigenvalue weighted by Gasteiger charge is 2.46. The molecule has 1 aromatic heterocycles. The zero-order valence-corrected chi connectivity index (χ0v) is 18.3. The first-order chi connectivity index (χ1) is 15.0. The van der Waals surface area contributed by atoms with Crippen molar-refractivity contribution in [3.8, 4) is 5.88 Å². The van der Waals surface area contributed by atoms with Gasteiger partial charge in [0.1, 0.15) is 5.82 Å². The second kappa shape index (κ2) is 9.52. The normalized spacial score (nSPS) is 19.4. The topological polar surface area (TPSA) is 76.7 Å². The zero-order chi connectivity index (χ0) is 21.8. The highest BCUT2D eigenvalue weighted by atomic mass is 32.1. The lowest BCUT2D eigenvalue weighted by Crippen LogP contribution is -2.44. The highest BCUT2D eigenvalue weighted by Crippen LogP contribution is 2.43. The molecule has 0 amide bonds. The molecule has 0 spiro atoms. The standard InChI is InChI=1S/C22H26FN3O4S/c1-15(27)30-20-16(14-24-21(31)25-20)6-9-26-10-7-18(8-11-26)22(28-12-13-29-22)17-2-4-19(23)5-3-17/h2-5,14,18H,6-13H2,1H3,(H,24,25,31). The number of H-pyrrole nitrogens is 1. The van der Waals surface area contributed by atoms with E-state index in [2.05, 4.69) is 14.9 Å². The average Bonchev–Trinajstić information content (AvgIpc) is 3.25. The number of hydrogen-bond donors (Lipinski definition) is 1.